The van der Waals surface area contributed by atoms with Gasteiger partial charge in [-0.15, -0.1) is 0 Å². The van der Waals surface area contributed by atoms with Gasteiger partial charge < -0.3 is 20.6 Å². The molecular weight excluding hydrogens is 302 g/mol. The molecule has 3 rings (SSSR count). The number of rotatable bonds is 4. The van der Waals surface area contributed by atoms with E-state index < -0.39 is 0 Å². The van der Waals surface area contributed by atoms with Crippen LogP contribution in [0.1, 0.15) is 38.5 Å². The Kier molecular flexibility index (Phi) is 5.96. The van der Waals surface area contributed by atoms with Crippen LogP contribution in [0.25, 0.3) is 0 Å². The first-order chi connectivity index (χ1) is 11.7. The molecule has 1 saturated carbocycles. The maximum Gasteiger partial charge on any atom is 0.315 e. The molecule has 0 aromatic heterocycles. The number of nitrogens with one attached hydrogen (secondary N) is 2. The summed E-state index contributed by atoms with van der Waals surface area (Å²) >= 11 is 0. The molecule has 2 amide bonds. The van der Waals surface area contributed by atoms with Gasteiger partial charge >= 0.3 is 6.03 Å². The summed E-state index contributed by atoms with van der Waals surface area (Å²) < 4.78 is 0. The van der Waals surface area contributed by atoms with Crippen LogP contribution in [0.2, 0.25) is 0 Å². The molecule has 5 heteroatoms. The van der Waals surface area contributed by atoms with Crippen LogP contribution in [0.5, 0.6) is 0 Å². The third kappa shape index (κ3) is 4.63. The SMILES string of the molecule is O=C(NC1CCC(CO)CC1)NC1CCCN(c2ccccc2)C1. The minimum Gasteiger partial charge on any atom is -0.396 e. The Morgan fingerprint density at radius 1 is 1.04 bits per heavy atom. The van der Waals surface area contributed by atoms with Gasteiger partial charge in [0, 0.05) is 37.5 Å². The summed E-state index contributed by atoms with van der Waals surface area (Å²) in [6.45, 7) is 2.19. The van der Waals surface area contributed by atoms with Crippen molar-refractivity contribution in [3.05, 3.63) is 30.3 Å². The number of nitrogens with zero attached hydrogens (tertiary/aromatic N) is 1. The fourth-order valence-corrected chi connectivity index (χ4v) is 3.87. The molecular formula is C19H29N3O2. The molecule has 0 bridgehead atoms. The molecule has 0 spiro atoms. The number of carbonyl (C=O) groups excluding carboxylic acids is 1. The molecule has 1 aliphatic heterocycles. The zero-order valence-electron chi connectivity index (χ0n) is 14.3. The van der Waals surface area contributed by atoms with Crippen molar-refractivity contribution in [2.75, 3.05) is 24.6 Å². The molecule has 1 aromatic carbocycles. The van der Waals surface area contributed by atoms with E-state index in [0.717, 1.165) is 51.6 Å². The van der Waals surface area contributed by atoms with E-state index in [0.29, 0.717) is 5.92 Å². The third-order valence-electron chi connectivity index (χ3n) is 5.32. The van der Waals surface area contributed by atoms with Crippen LogP contribution in [0.4, 0.5) is 10.5 Å². The minimum atomic E-state index is -0.0395. The van der Waals surface area contributed by atoms with E-state index in [1.165, 1.54) is 5.69 Å². The number of benzene rings is 1. The number of carbonyl (C=O) groups is 1. The molecule has 3 N–H and O–H groups in total. The van der Waals surface area contributed by atoms with Gasteiger partial charge in [0.05, 0.1) is 0 Å². The lowest BCUT2D eigenvalue weighted by Crippen LogP contribution is -2.52. The number of aliphatic hydroxyl groups excluding tert-OH is 1. The van der Waals surface area contributed by atoms with Gasteiger partial charge in [0.2, 0.25) is 0 Å². The molecule has 24 heavy (non-hydrogen) atoms. The second-order valence-electron chi connectivity index (χ2n) is 7.14. The summed E-state index contributed by atoms with van der Waals surface area (Å²) in [6, 6.07) is 10.8. The van der Waals surface area contributed by atoms with Crippen molar-refractivity contribution >= 4 is 11.7 Å². The normalized spacial score (nSPS) is 27.5. The van der Waals surface area contributed by atoms with Crippen molar-refractivity contribution in [2.45, 2.75) is 50.6 Å². The zero-order chi connectivity index (χ0) is 16.8. The fourth-order valence-electron chi connectivity index (χ4n) is 3.87. The highest BCUT2D eigenvalue weighted by Crippen LogP contribution is 2.24. The van der Waals surface area contributed by atoms with Crippen LogP contribution >= 0.6 is 0 Å². The summed E-state index contributed by atoms with van der Waals surface area (Å²) in [5.41, 5.74) is 1.23. The van der Waals surface area contributed by atoms with Gasteiger partial charge in [-0.1, -0.05) is 18.2 Å². The van der Waals surface area contributed by atoms with Crippen LogP contribution in [-0.2, 0) is 0 Å². The van der Waals surface area contributed by atoms with Crippen molar-refractivity contribution < 1.29 is 9.90 Å². The van der Waals surface area contributed by atoms with Crippen molar-refractivity contribution in [1.82, 2.24) is 10.6 Å². The van der Waals surface area contributed by atoms with Crippen LogP contribution in [0, 0.1) is 5.92 Å². The van der Waals surface area contributed by atoms with E-state index in [9.17, 15) is 9.90 Å². The molecule has 1 unspecified atom stereocenters. The number of hydrogen-bond donors (Lipinski definition) is 3. The van der Waals surface area contributed by atoms with E-state index in [4.69, 9.17) is 0 Å². The summed E-state index contributed by atoms with van der Waals surface area (Å²) in [5, 5.41) is 15.5. The highest BCUT2D eigenvalue weighted by Gasteiger charge is 2.24. The van der Waals surface area contributed by atoms with E-state index in [2.05, 4.69) is 39.8 Å². The summed E-state index contributed by atoms with van der Waals surface area (Å²) in [7, 11) is 0. The molecule has 2 fully saturated rings. The van der Waals surface area contributed by atoms with Crippen molar-refractivity contribution in [3.63, 3.8) is 0 Å². The van der Waals surface area contributed by atoms with Crippen LogP contribution in [0.3, 0.4) is 0 Å². The van der Waals surface area contributed by atoms with Gasteiger partial charge in [0.25, 0.3) is 0 Å². The van der Waals surface area contributed by atoms with Crippen LogP contribution < -0.4 is 15.5 Å². The van der Waals surface area contributed by atoms with Crippen LogP contribution in [0.15, 0.2) is 30.3 Å². The Morgan fingerprint density at radius 3 is 2.46 bits per heavy atom. The average Bonchev–Trinajstić information content (AvgIpc) is 2.63. The Balaban J connectivity index is 1.44. The first-order valence-corrected chi connectivity index (χ1v) is 9.22. The smallest absolute Gasteiger partial charge is 0.315 e. The maximum atomic E-state index is 12.3. The predicted molar refractivity (Wildman–Crippen MR) is 96.2 cm³/mol. The van der Waals surface area contributed by atoms with E-state index >= 15 is 0 Å². The zero-order valence-corrected chi connectivity index (χ0v) is 14.3. The Labute approximate surface area is 144 Å². The van der Waals surface area contributed by atoms with Crippen LogP contribution in [-0.4, -0.2) is 42.9 Å². The lowest BCUT2D eigenvalue weighted by Gasteiger charge is -2.35. The number of urea groups is 1. The number of amides is 2. The predicted octanol–water partition coefficient (Wildman–Crippen LogP) is 2.51. The quantitative estimate of drug-likeness (QED) is 0.794. The second kappa shape index (κ2) is 8.38. The first kappa shape index (κ1) is 17.1. The summed E-state index contributed by atoms with van der Waals surface area (Å²) in [4.78, 5) is 14.6. The van der Waals surface area contributed by atoms with Gasteiger partial charge in [-0.05, 0) is 56.6 Å². The molecule has 0 radical (unpaired) electrons. The average molecular weight is 331 g/mol. The molecule has 1 aliphatic carbocycles. The van der Waals surface area contributed by atoms with Crippen molar-refractivity contribution in [2.24, 2.45) is 5.92 Å². The standard InChI is InChI=1S/C19H29N3O2/c23-14-15-8-10-16(11-9-15)20-19(24)21-17-5-4-12-22(13-17)18-6-2-1-3-7-18/h1-3,6-7,15-17,23H,4-5,8-14H2,(H2,20,21,24). The molecule has 1 heterocycles. The van der Waals surface area contributed by atoms with E-state index in [1.807, 2.05) is 6.07 Å². The van der Waals surface area contributed by atoms with E-state index in [-0.39, 0.29) is 24.7 Å². The monoisotopic (exact) mass is 331 g/mol. The van der Waals surface area contributed by atoms with Crippen molar-refractivity contribution in [3.8, 4) is 0 Å². The number of hydrogen-bond acceptors (Lipinski definition) is 3. The highest BCUT2D eigenvalue weighted by atomic mass is 16.3. The molecule has 132 valence electrons. The number of anilines is 1. The molecule has 5 nitrogen and oxygen atoms in total. The second-order valence-corrected chi connectivity index (χ2v) is 7.14. The van der Waals surface area contributed by atoms with Crippen molar-refractivity contribution in [1.29, 1.82) is 0 Å². The van der Waals surface area contributed by atoms with E-state index in [1.54, 1.807) is 0 Å². The topological polar surface area (TPSA) is 64.6 Å². The van der Waals surface area contributed by atoms with Gasteiger partial charge in [0.1, 0.15) is 0 Å². The Hall–Kier alpha value is -1.75. The van der Waals surface area contributed by atoms with Gasteiger partial charge in [0.15, 0.2) is 0 Å². The lowest BCUT2D eigenvalue weighted by atomic mass is 9.87. The number of piperidine rings is 1. The molecule has 1 aromatic rings. The lowest BCUT2D eigenvalue weighted by molar-refractivity contribution is 0.174. The molecule has 2 aliphatic rings. The van der Waals surface area contributed by atoms with Gasteiger partial charge in [-0.3, -0.25) is 0 Å². The third-order valence-corrected chi connectivity index (χ3v) is 5.32. The van der Waals surface area contributed by atoms with Gasteiger partial charge in [-0.25, -0.2) is 4.79 Å². The van der Waals surface area contributed by atoms with Gasteiger partial charge in [-0.2, -0.15) is 0 Å². The maximum absolute atomic E-state index is 12.3. The Bertz CT molecular complexity index is 515. The molecule has 1 atom stereocenters. The Morgan fingerprint density at radius 2 is 1.75 bits per heavy atom. The minimum absolute atomic E-state index is 0.0395. The molecule has 1 saturated heterocycles. The number of aliphatic hydroxyl groups is 1. The first-order valence-electron chi connectivity index (χ1n) is 9.22. The highest BCUT2D eigenvalue weighted by molar-refractivity contribution is 5.74. The number of para-hydroxylation sites is 1. The fraction of sp³-hybridized carbons (Fsp3) is 0.632. The summed E-state index contributed by atoms with van der Waals surface area (Å²) in [5.74, 6) is 0.420. The largest absolute Gasteiger partial charge is 0.396 e. The summed E-state index contributed by atoms with van der Waals surface area (Å²) in [6.07, 6.45) is 6.09.